The fourth-order valence-electron chi connectivity index (χ4n) is 2.64. The Kier molecular flexibility index (Phi) is 21.9. The molecule has 0 aliphatic carbocycles. The molecule has 178 valence electrons. The third kappa shape index (κ3) is 20.3. The number of carbonyl (C=O) groups excluding carboxylic acids is 5. The van der Waals surface area contributed by atoms with Crippen LogP contribution in [0.5, 0.6) is 0 Å². The largest absolute Gasteiger partial charge is 3.00 e. The molecule has 0 atom stereocenters. The van der Waals surface area contributed by atoms with Crippen molar-refractivity contribution in [2.24, 2.45) is 5.41 Å². The second-order valence-corrected chi connectivity index (χ2v) is 8.39. The van der Waals surface area contributed by atoms with Crippen LogP contribution in [-0.4, -0.2) is 148 Å². The van der Waals surface area contributed by atoms with Crippen LogP contribution in [0.15, 0.2) is 0 Å². The number of carbonyl (C=O) groups is 2. The van der Waals surface area contributed by atoms with Crippen molar-refractivity contribution >= 4 is 43.8 Å². The quantitative estimate of drug-likeness (QED) is 0.447. The Morgan fingerprint density at radius 1 is 0.719 bits per heavy atom. The van der Waals surface area contributed by atoms with E-state index in [9.17, 15) is 9.59 Å². The zero-order valence-electron chi connectivity index (χ0n) is 19.8. The minimum absolute atomic E-state index is 0. The summed E-state index contributed by atoms with van der Waals surface area (Å²) < 4.78 is 0. The minimum atomic E-state index is -0.799. The van der Waals surface area contributed by atoms with E-state index in [1.165, 1.54) is 0 Å². The van der Waals surface area contributed by atoms with Gasteiger partial charge in [-0.05, 0) is 14.1 Å². The molecule has 0 aromatic rings. The summed E-state index contributed by atoms with van der Waals surface area (Å²) in [6, 6.07) is 0. The SMILES string of the molecule is CN1CCN(C)CCN(CC(=O)C(C)(C)C)CCN(CC(=O)O)CC1.O=C=O.O=C=O.[68Ga+3]. The Labute approximate surface area is 203 Å². The summed E-state index contributed by atoms with van der Waals surface area (Å²) in [6.07, 6.45) is 0.500. The monoisotopic (exact) mass is 512 g/mol. The molecule has 1 N–H and O–H groups in total. The van der Waals surface area contributed by atoms with Gasteiger partial charge < -0.3 is 14.9 Å². The van der Waals surface area contributed by atoms with Gasteiger partial charge in [0.05, 0.1) is 13.1 Å². The molecule has 1 heterocycles. The van der Waals surface area contributed by atoms with E-state index in [1.54, 1.807) is 0 Å². The van der Waals surface area contributed by atoms with Gasteiger partial charge in [-0.1, -0.05) is 20.8 Å². The molecule has 1 saturated heterocycles. The van der Waals surface area contributed by atoms with E-state index in [0.29, 0.717) is 19.6 Å². The van der Waals surface area contributed by atoms with E-state index in [0.717, 1.165) is 39.3 Å². The number of hydrogen-bond acceptors (Lipinski definition) is 10. The molecular weight excluding hydrogens is 476 g/mol. The van der Waals surface area contributed by atoms with E-state index in [-0.39, 0.29) is 49.8 Å². The molecule has 0 unspecified atom stereocenters. The number of likely N-dealkylation sites (N-methyl/N-ethyl adjacent to an activating group) is 2. The van der Waals surface area contributed by atoms with Gasteiger partial charge in [-0.3, -0.25) is 19.4 Å². The Balaban J connectivity index is -0.00000108. The summed E-state index contributed by atoms with van der Waals surface area (Å²) in [5, 5.41) is 9.14. The summed E-state index contributed by atoms with van der Waals surface area (Å²) in [6.45, 7) is 12.9. The number of hydrogen-bond donors (Lipinski definition) is 1. The smallest absolute Gasteiger partial charge is 0.480 e. The molecule has 0 radical (unpaired) electrons. The van der Waals surface area contributed by atoms with E-state index >= 15 is 0 Å². The van der Waals surface area contributed by atoms with Gasteiger partial charge in [0.15, 0.2) is 5.78 Å². The van der Waals surface area contributed by atoms with Gasteiger partial charge in [0.1, 0.15) is 0 Å². The molecule has 0 aromatic heterocycles. The molecule has 0 amide bonds. The van der Waals surface area contributed by atoms with Gasteiger partial charge in [0, 0.05) is 57.8 Å². The summed E-state index contributed by atoms with van der Waals surface area (Å²) in [5.74, 6) is -0.571. The third-order valence-corrected chi connectivity index (χ3v) is 4.75. The van der Waals surface area contributed by atoms with Crippen LogP contribution in [0.2, 0.25) is 0 Å². The van der Waals surface area contributed by atoms with Crippen molar-refractivity contribution in [1.82, 2.24) is 19.6 Å². The first-order chi connectivity index (χ1) is 14.4. The van der Waals surface area contributed by atoms with E-state index < -0.39 is 5.97 Å². The summed E-state index contributed by atoms with van der Waals surface area (Å²) in [7, 11) is 4.19. The van der Waals surface area contributed by atoms with Crippen LogP contribution in [0.1, 0.15) is 20.8 Å². The second-order valence-electron chi connectivity index (χ2n) is 8.39. The molecule has 1 aliphatic rings. The van der Waals surface area contributed by atoms with E-state index in [4.69, 9.17) is 24.3 Å². The third-order valence-electron chi connectivity index (χ3n) is 4.75. The maximum absolute atomic E-state index is 12.4. The van der Waals surface area contributed by atoms with Crippen LogP contribution >= 0.6 is 0 Å². The summed E-state index contributed by atoms with van der Waals surface area (Å²) >= 11 is 0. The molecule has 0 bridgehead atoms. The number of carboxylic acid groups (broad SMARTS) is 1. The molecular formula is C20H36GaN4O7+3. The topological polar surface area (TPSA) is 136 Å². The Morgan fingerprint density at radius 3 is 1.31 bits per heavy atom. The van der Waals surface area contributed by atoms with E-state index in [2.05, 4.69) is 28.8 Å². The van der Waals surface area contributed by atoms with Crippen LogP contribution in [0.25, 0.3) is 0 Å². The number of nitrogens with zero attached hydrogens (tertiary/aromatic N) is 4. The fourth-order valence-corrected chi connectivity index (χ4v) is 2.64. The van der Waals surface area contributed by atoms with Crippen LogP contribution in [0.3, 0.4) is 0 Å². The normalized spacial score (nSPS) is 17.3. The first kappa shape index (κ1) is 35.0. The van der Waals surface area contributed by atoms with Crippen molar-refractivity contribution in [1.29, 1.82) is 0 Å². The first-order valence-electron chi connectivity index (χ1n) is 9.96. The fraction of sp³-hybridized carbons (Fsp3) is 0.800. The maximum atomic E-state index is 12.4. The summed E-state index contributed by atoms with van der Waals surface area (Å²) in [4.78, 5) is 64.7. The first-order valence-corrected chi connectivity index (χ1v) is 9.96. The standard InChI is InChI=1S/C18H36N4O3.2CO2.Ga/c1-18(2,3)16(23)14-21-10-8-19(4)6-7-20(5)9-11-22(13-12-21)15-17(24)25;2*2-1-3;/h6-15H2,1-5H3,(H,24,25);;;/q;;;+3/i;;;1-2. The van der Waals surface area contributed by atoms with Crippen molar-refractivity contribution < 1.29 is 33.9 Å². The van der Waals surface area contributed by atoms with E-state index in [1.807, 2.05) is 25.7 Å². The van der Waals surface area contributed by atoms with Gasteiger partial charge in [-0.15, -0.1) is 0 Å². The van der Waals surface area contributed by atoms with Gasteiger partial charge >= 0.3 is 38.1 Å². The minimum Gasteiger partial charge on any atom is -0.480 e. The number of Topliss-reactive ketones (excluding diaryl/α,β-unsaturated/α-hetero) is 1. The molecule has 0 aromatic carbocycles. The van der Waals surface area contributed by atoms with Gasteiger partial charge in [-0.25, -0.2) is 0 Å². The summed E-state index contributed by atoms with van der Waals surface area (Å²) in [5.41, 5.74) is -0.348. The van der Waals surface area contributed by atoms with Gasteiger partial charge in [-0.2, -0.15) is 19.2 Å². The predicted molar refractivity (Wildman–Crippen MR) is 116 cm³/mol. The number of aliphatic carboxylic acids is 1. The van der Waals surface area contributed by atoms with Crippen molar-refractivity contribution in [3.8, 4) is 0 Å². The second kappa shape index (κ2) is 20.0. The molecule has 1 fully saturated rings. The zero-order valence-corrected chi connectivity index (χ0v) is 22.3. The maximum Gasteiger partial charge on any atom is 3.00 e. The average molecular weight is 512 g/mol. The average Bonchev–Trinajstić information content (AvgIpc) is 2.65. The van der Waals surface area contributed by atoms with Gasteiger partial charge in [0.2, 0.25) is 0 Å². The number of rotatable bonds is 4. The van der Waals surface area contributed by atoms with Crippen LogP contribution < -0.4 is 0 Å². The Bertz CT molecular complexity index is 589. The molecule has 0 saturated carbocycles. The van der Waals surface area contributed by atoms with Crippen molar-refractivity contribution in [3.63, 3.8) is 0 Å². The van der Waals surface area contributed by atoms with Gasteiger partial charge in [0.25, 0.3) is 0 Å². The van der Waals surface area contributed by atoms with Crippen LogP contribution in [-0.2, 0) is 28.8 Å². The van der Waals surface area contributed by atoms with Crippen molar-refractivity contribution in [2.75, 3.05) is 79.5 Å². The Hall–Kier alpha value is -1.62. The molecule has 1 rings (SSSR count). The van der Waals surface area contributed by atoms with Crippen molar-refractivity contribution in [2.45, 2.75) is 20.8 Å². The molecule has 1 aliphatic heterocycles. The molecule has 0 spiro atoms. The molecule has 32 heavy (non-hydrogen) atoms. The Morgan fingerprint density at radius 2 is 1.00 bits per heavy atom. The zero-order chi connectivity index (χ0) is 24.4. The number of carboxylic acids is 1. The number of ketones is 1. The molecule has 11 nitrogen and oxygen atoms in total. The predicted octanol–water partition coefficient (Wildman–Crippen LogP) is -1.38. The van der Waals surface area contributed by atoms with Crippen molar-refractivity contribution in [3.05, 3.63) is 0 Å². The van der Waals surface area contributed by atoms with Crippen LogP contribution in [0.4, 0.5) is 0 Å². The molecule has 12 heteroatoms. The van der Waals surface area contributed by atoms with Crippen LogP contribution in [0, 0.1) is 5.41 Å².